The maximum Gasteiger partial charge on any atom is 0.266 e. The lowest BCUT2D eigenvalue weighted by molar-refractivity contribution is 0.589. The predicted octanol–water partition coefficient (Wildman–Crippen LogP) is 3.57. The van der Waals surface area contributed by atoms with Gasteiger partial charge in [-0.05, 0) is 48.9 Å². The number of sulfonamides is 1. The van der Waals surface area contributed by atoms with Gasteiger partial charge in [0, 0.05) is 6.20 Å². The van der Waals surface area contributed by atoms with Crippen molar-refractivity contribution in [2.75, 3.05) is 4.31 Å². The second kappa shape index (κ2) is 7.05. The van der Waals surface area contributed by atoms with Crippen LogP contribution in [0.2, 0.25) is 0 Å². The van der Waals surface area contributed by atoms with Crippen LogP contribution in [0.4, 0.5) is 10.1 Å². The van der Waals surface area contributed by atoms with Crippen LogP contribution in [0.1, 0.15) is 11.1 Å². The summed E-state index contributed by atoms with van der Waals surface area (Å²) in [6.45, 7) is 2.01. The van der Waals surface area contributed by atoms with E-state index in [-0.39, 0.29) is 17.3 Å². The molecule has 4 rings (SSSR count). The number of nitrogens with zero attached hydrogens (tertiary/aromatic N) is 4. The average molecular weight is 396 g/mol. The van der Waals surface area contributed by atoms with Crippen molar-refractivity contribution in [1.29, 1.82) is 0 Å². The van der Waals surface area contributed by atoms with Crippen molar-refractivity contribution < 1.29 is 12.8 Å². The van der Waals surface area contributed by atoms with Gasteiger partial charge < -0.3 is 0 Å². The number of hydrogen-bond donors (Lipinski definition) is 0. The van der Waals surface area contributed by atoms with E-state index < -0.39 is 10.0 Å². The third-order valence-corrected chi connectivity index (χ3v) is 6.17. The van der Waals surface area contributed by atoms with Gasteiger partial charge in [0.2, 0.25) is 0 Å². The van der Waals surface area contributed by atoms with E-state index in [0.29, 0.717) is 16.9 Å². The van der Waals surface area contributed by atoms with Crippen molar-refractivity contribution in [3.8, 4) is 0 Å². The Morgan fingerprint density at radius 1 is 1.00 bits per heavy atom. The molecule has 0 radical (unpaired) electrons. The number of rotatable bonds is 5. The highest BCUT2D eigenvalue weighted by molar-refractivity contribution is 7.92. The molecular weight excluding hydrogens is 379 g/mol. The van der Waals surface area contributed by atoms with Gasteiger partial charge in [-0.1, -0.05) is 29.8 Å². The monoisotopic (exact) mass is 396 g/mol. The summed E-state index contributed by atoms with van der Waals surface area (Å²) in [5, 5.41) is 7.68. The molecule has 0 unspecified atom stereocenters. The Morgan fingerprint density at radius 3 is 2.43 bits per heavy atom. The number of halogens is 1. The molecule has 0 amide bonds. The van der Waals surface area contributed by atoms with Gasteiger partial charge in [-0.25, -0.2) is 12.8 Å². The molecule has 0 aliphatic heterocycles. The zero-order chi connectivity index (χ0) is 19.7. The highest BCUT2D eigenvalue weighted by atomic mass is 32.2. The first-order valence-corrected chi connectivity index (χ1v) is 10.0. The van der Waals surface area contributed by atoms with E-state index in [2.05, 4.69) is 10.2 Å². The van der Waals surface area contributed by atoms with Crippen LogP contribution in [-0.4, -0.2) is 23.0 Å². The van der Waals surface area contributed by atoms with Gasteiger partial charge in [0.05, 0.1) is 12.2 Å². The first-order valence-electron chi connectivity index (χ1n) is 8.57. The molecule has 0 aliphatic rings. The molecule has 2 heterocycles. The molecule has 0 atom stereocenters. The lowest BCUT2D eigenvalue weighted by atomic mass is 10.2. The van der Waals surface area contributed by atoms with E-state index in [9.17, 15) is 12.8 Å². The maximum absolute atomic E-state index is 13.5. The Hall–Kier alpha value is -3.26. The molecule has 8 heteroatoms. The van der Waals surface area contributed by atoms with Crippen LogP contribution in [0.3, 0.4) is 0 Å². The molecule has 0 saturated carbocycles. The molecule has 2 aromatic carbocycles. The summed E-state index contributed by atoms with van der Waals surface area (Å²) in [6.07, 6.45) is 2.93. The van der Waals surface area contributed by atoms with Gasteiger partial charge in [0.15, 0.2) is 5.65 Å². The molecule has 6 nitrogen and oxygen atoms in total. The summed E-state index contributed by atoms with van der Waals surface area (Å²) in [5.41, 5.74) is 2.78. The predicted molar refractivity (Wildman–Crippen MR) is 104 cm³/mol. The second-order valence-electron chi connectivity index (χ2n) is 6.43. The normalized spacial score (nSPS) is 11.6. The van der Waals surface area contributed by atoms with Crippen molar-refractivity contribution in [3.63, 3.8) is 0 Å². The number of aromatic nitrogens is 3. The lowest BCUT2D eigenvalue weighted by Crippen LogP contribution is -2.30. The molecule has 0 bridgehead atoms. The minimum Gasteiger partial charge on any atom is -0.288 e. The maximum atomic E-state index is 13.5. The molecular formula is C20H17FN4O2S. The topological polar surface area (TPSA) is 67.6 Å². The van der Waals surface area contributed by atoms with Gasteiger partial charge in [-0.2, -0.15) is 0 Å². The van der Waals surface area contributed by atoms with E-state index in [1.54, 1.807) is 34.7 Å². The standard InChI is InChI=1S/C20H17FN4O2S/c1-15-2-8-18(9-3-15)25(12-16-4-6-17(21)7-5-16)28(26,27)19-10-11-20-23-22-14-24(20)13-19/h2-11,13-14H,12H2,1H3. The van der Waals surface area contributed by atoms with Crippen molar-refractivity contribution in [1.82, 2.24) is 14.6 Å². The summed E-state index contributed by atoms with van der Waals surface area (Å²) in [4.78, 5) is 0.113. The molecule has 0 spiro atoms. The third kappa shape index (κ3) is 3.46. The summed E-state index contributed by atoms with van der Waals surface area (Å²) >= 11 is 0. The molecule has 0 fully saturated rings. The Bertz CT molecular complexity index is 1220. The molecule has 142 valence electrons. The summed E-state index contributed by atoms with van der Waals surface area (Å²) < 4.78 is 43.0. The van der Waals surface area contributed by atoms with Crippen molar-refractivity contribution >= 4 is 21.4 Å². The zero-order valence-electron chi connectivity index (χ0n) is 15.0. The molecule has 2 aromatic heterocycles. The fourth-order valence-electron chi connectivity index (χ4n) is 2.87. The molecule has 0 aliphatic carbocycles. The number of benzene rings is 2. The van der Waals surface area contributed by atoms with Crippen LogP contribution in [0.15, 0.2) is 78.1 Å². The first kappa shape index (κ1) is 18.1. The zero-order valence-corrected chi connectivity index (χ0v) is 15.8. The molecule has 0 saturated heterocycles. The van der Waals surface area contributed by atoms with E-state index in [4.69, 9.17) is 0 Å². The largest absolute Gasteiger partial charge is 0.288 e. The number of pyridine rings is 1. The molecule has 28 heavy (non-hydrogen) atoms. The van der Waals surface area contributed by atoms with Crippen LogP contribution >= 0.6 is 0 Å². The number of fused-ring (bicyclic) bond motifs is 1. The van der Waals surface area contributed by atoms with Crippen molar-refractivity contribution in [2.45, 2.75) is 18.4 Å². The van der Waals surface area contributed by atoms with Gasteiger partial charge in [-0.15, -0.1) is 10.2 Å². The fraction of sp³-hybridized carbons (Fsp3) is 0.100. The highest BCUT2D eigenvalue weighted by Crippen LogP contribution is 2.26. The van der Waals surface area contributed by atoms with Crippen LogP contribution < -0.4 is 4.31 Å². The summed E-state index contributed by atoms with van der Waals surface area (Å²) in [7, 11) is -3.88. The minimum absolute atomic E-state index is 0.0753. The van der Waals surface area contributed by atoms with Gasteiger partial charge in [-0.3, -0.25) is 8.71 Å². The first-order chi connectivity index (χ1) is 13.4. The van der Waals surface area contributed by atoms with Gasteiger partial charge in [0.1, 0.15) is 17.0 Å². The Labute approximate surface area is 161 Å². The van der Waals surface area contributed by atoms with Crippen LogP contribution in [0.25, 0.3) is 5.65 Å². The van der Waals surface area contributed by atoms with Crippen molar-refractivity contribution in [2.24, 2.45) is 0 Å². The second-order valence-corrected chi connectivity index (χ2v) is 8.30. The Balaban J connectivity index is 1.80. The third-order valence-electron chi connectivity index (χ3n) is 4.41. The fourth-order valence-corrected chi connectivity index (χ4v) is 4.33. The van der Waals surface area contributed by atoms with Crippen LogP contribution in [-0.2, 0) is 16.6 Å². The quantitative estimate of drug-likeness (QED) is 0.517. The molecule has 4 aromatic rings. The highest BCUT2D eigenvalue weighted by Gasteiger charge is 2.26. The van der Waals surface area contributed by atoms with E-state index in [0.717, 1.165) is 5.56 Å². The average Bonchev–Trinajstić information content (AvgIpc) is 3.16. The SMILES string of the molecule is Cc1ccc(N(Cc2ccc(F)cc2)S(=O)(=O)c2ccc3nncn3c2)cc1. The summed E-state index contributed by atoms with van der Waals surface area (Å²) in [5.74, 6) is -0.369. The molecule has 0 N–H and O–H groups in total. The number of hydrogen-bond acceptors (Lipinski definition) is 4. The Kier molecular flexibility index (Phi) is 4.56. The minimum atomic E-state index is -3.88. The lowest BCUT2D eigenvalue weighted by Gasteiger charge is -2.25. The van der Waals surface area contributed by atoms with Gasteiger partial charge in [0.25, 0.3) is 10.0 Å². The number of anilines is 1. The van der Waals surface area contributed by atoms with Gasteiger partial charge >= 0.3 is 0 Å². The summed E-state index contributed by atoms with van der Waals surface area (Å²) in [6, 6.07) is 16.1. The van der Waals surface area contributed by atoms with Crippen molar-refractivity contribution in [3.05, 3.63) is 90.1 Å². The smallest absolute Gasteiger partial charge is 0.266 e. The van der Waals surface area contributed by atoms with E-state index in [1.165, 1.54) is 35.0 Å². The van der Waals surface area contributed by atoms with E-state index >= 15 is 0 Å². The van der Waals surface area contributed by atoms with Crippen LogP contribution in [0, 0.1) is 12.7 Å². The number of aryl methyl sites for hydroxylation is 1. The Morgan fingerprint density at radius 2 is 1.71 bits per heavy atom. The van der Waals surface area contributed by atoms with E-state index in [1.807, 2.05) is 19.1 Å². The van der Waals surface area contributed by atoms with Crippen LogP contribution in [0.5, 0.6) is 0 Å².